The van der Waals surface area contributed by atoms with Crippen molar-refractivity contribution in [2.24, 2.45) is 0 Å². The molecule has 2 aromatic rings. The van der Waals surface area contributed by atoms with Crippen LogP contribution in [0.1, 0.15) is 15.9 Å². The number of carbonyl (C=O) groups is 1. The van der Waals surface area contributed by atoms with Gasteiger partial charge in [-0.15, -0.1) is 0 Å². The molecule has 1 saturated heterocycles. The maximum absolute atomic E-state index is 12.3. The minimum absolute atomic E-state index is 0.120. The molecule has 1 aliphatic heterocycles. The summed E-state index contributed by atoms with van der Waals surface area (Å²) < 4.78 is 15.8. The second kappa shape index (κ2) is 9.53. The fourth-order valence-electron chi connectivity index (χ4n) is 2.76. The van der Waals surface area contributed by atoms with Crippen molar-refractivity contribution in [1.29, 1.82) is 0 Å². The van der Waals surface area contributed by atoms with Crippen LogP contribution in [-0.4, -0.2) is 52.9 Å². The van der Waals surface area contributed by atoms with Crippen LogP contribution < -0.4 is 10.1 Å². The normalized spacial score (nSPS) is 25.3. The number of methoxy groups -OCH3 is 1. The number of hydrogen-bond donors (Lipinski definition) is 4. The number of amides is 1. The van der Waals surface area contributed by atoms with Crippen LogP contribution in [0.25, 0.3) is 0 Å². The van der Waals surface area contributed by atoms with E-state index in [2.05, 4.69) is 5.32 Å². The Bertz CT molecular complexity index is 836. The fourth-order valence-corrected chi connectivity index (χ4v) is 2.76. The van der Waals surface area contributed by atoms with E-state index < -0.39 is 30.5 Å². The molecule has 0 aromatic heterocycles. The largest absolute Gasteiger partial charge is 0.489 e. The lowest BCUT2D eigenvalue weighted by molar-refractivity contribution is -0.235. The standard InChI is InChI=1S/C21H23NO7/c1-27-21-19(25)18(24)17(23)16(29-21)11-22-20(26)14-7-9-15(10-8-14)28-12-13-5-3-2-4-6-13/h2-11,17-19,21,23-25H,12H2,1H3,(H,22,26)/b16-11+/t17-,18+,19-,21+/m1/s1. The van der Waals surface area contributed by atoms with Crippen LogP contribution in [-0.2, 0) is 16.1 Å². The minimum Gasteiger partial charge on any atom is -0.489 e. The van der Waals surface area contributed by atoms with Gasteiger partial charge in [0, 0.05) is 18.9 Å². The van der Waals surface area contributed by atoms with Gasteiger partial charge in [-0.3, -0.25) is 4.79 Å². The molecule has 29 heavy (non-hydrogen) atoms. The SMILES string of the molecule is CO[C@H]1O/C(=C/NC(=O)c2ccc(OCc3ccccc3)cc2)[C@@H](O)[C@H](O)[C@H]1O. The molecular weight excluding hydrogens is 378 g/mol. The molecule has 0 aliphatic carbocycles. The van der Waals surface area contributed by atoms with E-state index in [0.717, 1.165) is 11.8 Å². The van der Waals surface area contributed by atoms with E-state index in [1.54, 1.807) is 24.3 Å². The van der Waals surface area contributed by atoms with Crippen molar-refractivity contribution in [1.82, 2.24) is 5.32 Å². The van der Waals surface area contributed by atoms with Crippen LogP contribution in [0.3, 0.4) is 0 Å². The molecule has 154 valence electrons. The van der Waals surface area contributed by atoms with Gasteiger partial charge in [-0.05, 0) is 29.8 Å². The molecule has 1 fully saturated rings. The first kappa shape index (κ1) is 20.8. The van der Waals surface area contributed by atoms with Crippen LogP contribution in [0.2, 0.25) is 0 Å². The molecule has 4 N–H and O–H groups in total. The molecule has 0 bridgehead atoms. The van der Waals surface area contributed by atoms with E-state index in [1.165, 1.54) is 7.11 Å². The molecule has 0 radical (unpaired) electrons. The van der Waals surface area contributed by atoms with Crippen molar-refractivity contribution in [2.45, 2.75) is 31.2 Å². The molecule has 8 heteroatoms. The second-order valence-corrected chi connectivity index (χ2v) is 6.47. The Morgan fingerprint density at radius 2 is 1.76 bits per heavy atom. The van der Waals surface area contributed by atoms with Crippen molar-refractivity contribution < 1.29 is 34.3 Å². The van der Waals surface area contributed by atoms with Crippen molar-refractivity contribution in [3.05, 3.63) is 77.7 Å². The average molecular weight is 401 g/mol. The maximum Gasteiger partial charge on any atom is 0.255 e. The number of benzene rings is 2. The highest BCUT2D eigenvalue weighted by Crippen LogP contribution is 2.24. The van der Waals surface area contributed by atoms with E-state index >= 15 is 0 Å². The molecule has 0 spiro atoms. The lowest BCUT2D eigenvalue weighted by Crippen LogP contribution is -2.52. The smallest absolute Gasteiger partial charge is 0.255 e. The predicted molar refractivity (Wildman–Crippen MR) is 103 cm³/mol. The van der Waals surface area contributed by atoms with E-state index in [9.17, 15) is 20.1 Å². The summed E-state index contributed by atoms with van der Waals surface area (Å²) in [5.41, 5.74) is 1.40. The third-order valence-corrected chi connectivity index (χ3v) is 4.44. The van der Waals surface area contributed by atoms with Gasteiger partial charge in [-0.25, -0.2) is 0 Å². The van der Waals surface area contributed by atoms with Gasteiger partial charge in [0.25, 0.3) is 5.91 Å². The lowest BCUT2D eigenvalue weighted by atomic mass is 10.0. The van der Waals surface area contributed by atoms with Crippen molar-refractivity contribution in [3.8, 4) is 5.75 Å². The highest BCUT2D eigenvalue weighted by atomic mass is 16.7. The number of aliphatic hydroxyl groups is 3. The zero-order valence-electron chi connectivity index (χ0n) is 15.8. The van der Waals surface area contributed by atoms with Crippen LogP contribution in [0.4, 0.5) is 0 Å². The van der Waals surface area contributed by atoms with Gasteiger partial charge in [0.15, 0.2) is 0 Å². The number of rotatable bonds is 6. The number of hydrogen-bond acceptors (Lipinski definition) is 7. The third kappa shape index (κ3) is 5.12. The van der Waals surface area contributed by atoms with Gasteiger partial charge in [0.2, 0.25) is 6.29 Å². The van der Waals surface area contributed by atoms with Crippen LogP contribution >= 0.6 is 0 Å². The minimum atomic E-state index is -1.50. The molecule has 3 rings (SSSR count). The van der Waals surface area contributed by atoms with Crippen LogP contribution in [0, 0.1) is 0 Å². The monoisotopic (exact) mass is 401 g/mol. The third-order valence-electron chi connectivity index (χ3n) is 4.44. The first-order valence-corrected chi connectivity index (χ1v) is 9.01. The van der Waals surface area contributed by atoms with E-state index in [-0.39, 0.29) is 5.76 Å². The topological polar surface area (TPSA) is 117 Å². The fraction of sp³-hybridized carbons (Fsp3) is 0.286. The second-order valence-electron chi connectivity index (χ2n) is 6.47. The highest BCUT2D eigenvalue weighted by Gasteiger charge is 2.41. The summed E-state index contributed by atoms with van der Waals surface area (Å²) in [6.45, 7) is 0.419. The first-order valence-electron chi connectivity index (χ1n) is 9.01. The van der Waals surface area contributed by atoms with Crippen LogP contribution in [0.15, 0.2) is 66.6 Å². The zero-order chi connectivity index (χ0) is 20.8. The summed E-state index contributed by atoms with van der Waals surface area (Å²) in [5, 5.41) is 32.0. The van der Waals surface area contributed by atoms with E-state index in [4.69, 9.17) is 14.2 Å². The van der Waals surface area contributed by atoms with Gasteiger partial charge in [0.05, 0.1) is 0 Å². The number of aliphatic hydroxyl groups excluding tert-OH is 3. The van der Waals surface area contributed by atoms with Gasteiger partial charge < -0.3 is 34.8 Å². The molecule has 1 heterocycles. The van der Waals surface area contributed by atoms with Crippen molar-refractivity contribution in [2.75, 3.05) is 7.11 Å². The molecule has 1 amide bonds. The molecule has 0 unspecified atom stereocenters. The lowest BCUT2D eigenvalue weighted by Gasteiger charge is -2.36. The zero-order valence-corrected chi connectivity index (χ0v) is 15.8. The van der Waals surface area contributed by atoms with Gasteiger partial charge in [-0.2, -0.15) is 0 Å². The Balaban J connectivity index is 1.58. The molecule has 2 aromatic carbocycles. The van der Waals surface area contributed by atoms with Gasteiger partial charge >= 0.3 is 0 Å². The summed E-state index contributed by atoms with van der Waals surface area (Å²) in [7, 11) is 1.29. The Morgan fingerprint density at radius 1 is 1.07 bits per heavy atom. The molecule has 8 nitrogen and oxygen atoms in total. The molecule has 4 atom stereocenters. The van der Waals surface area contributed by atoms with Crippen molar-refractivity contribution >= 4 is 5.91 Å². The quantitative estimate of drug-likeness (QED) is 0.569. The Morgan fingerprint density at radius 3 is 2.41 bits per heavy atom. The number of nitrogens with one attached hydrogen (secondary N) is 1. The highest BCUT2D eigenvalue weighted by molar-refractivity contribution is 5.94. The van der Waals surface area contributed by atoms with Gasteiger partial charge in [0.1, 0.15) is 36.4 Å². The summed E-state index contributed by atoms with van der Waals surface area (Å²) in [5.74, 6) is 0.0538. The van der Waals surface area contributed by atoms with Gasteiger partial charge in [-0.1, -0.05) is 30.3 Å². The summed E-state index contributed by atoms with van der Waals surface area (Å²) in [6.07, 6.45) is -4.43. The van der Waals surface area contributed by atoms with E-state index in [0.29, 0.717) is 17.9 Å². The Kier molecular flexibility index (Phi) is 6.84. The number of ether oxygens (including phenoxy) is 3. The van der Waals surface area contributed by atoms with Crippen LogP contribution in [0.5, 0.6) is 5.75 Å². The summed E-state index contributed by atoms with van der Waals surface area (Å²) in [6, 6.07) is 16.3. The first-order chi connectivity index (χ1) is 14.0. The Hall–Kier alpha value is -2.91. The predicted octanol–water partition coefficient (Wildman–Crippen LogP) is 0.922. The number of carbonyl (C=O) groups excluding carboxylic acids is 1. The maximum atomic E-state index is 12.3. The Labute approximate surface area is 168 Å². The molecule has 0 saturated carbocycles. The average Bonchev–Trinajstić information content (AvgIpc) is 2.76. The summed E-state index contributed by atoms with van der Waals surface area (Å²) >= 11 is 0. The van der Waals surface area contributed by atoms with Crippen molar-refractivity contribution in [3.63, 3.8) is 0 Å². The van der Waals surface area contributed by atoms with E-state index in [1.807, 2.05) is 30.3 Å². The summed E-state index contributed by atoms with van der Waals surface area (Å²) in [4.78, 5) is 12.3. The molecule has 1 aliphatic rings. The molecular formula is C21H23NO7.